The van der Waals surface area contributed by atoms with Gasteiger partial charge in [-0.3, -0.25) is 0 Å². The van der Waals surface area contributed by atoms with E-state index in [0.29, 0.717) is 26.4 Å². The summed E-state index contributed by atoms with van der Waals surface area (Å²) in [5.41, 5.74) is 11.3. The van der Waals surface area contributed by atoms with Crippen molar-refractivity contribution in [2.75, 3.05) is 66.1 Å². The number of carbonyl (C=O) groups is 2. The number of hydrogen-bond acceptors (Lipinski definition) is 12. The van der Waals surface area contributed by atoms with E-state index >= 15 is 0 Å². The van der Waals surface area contributed by atoms with Gasteiger partial charge in [0.15, 0.2) is 0 Å². The van der Waals surface area contributed by atoms with Gasteiger partial charge in [-0.05, 0) is 12.8 Å². The third kappa shape index (κ3) is 15.8. The molecule has 196 valence electrons. The zero-order chi connectivity index (χ0) is 23.6. The zero-order valence-corrected chi connectivity index (χ0v) is 21.0. The van der Waals surface area contributed by atoms with Gasteiger partial charge in [0.2, 0.25) is 0 Å². The normalized spacial score (nSPS) is 29.2. The summed E-state index contributed by atoms with van der Waals surface area (Å²) in [4.78, 5) is 22.2. The smallest absolute Gasteiger partial charge is 0.547 e. The predicted molar refractivity (Wildman–Crippen MR) is 107 cm³/mol. The maximum absolute atomic E-state index is 11.1. The molecule has 1 saturated heterocycles. The molecule has 4 atom stereocenters. The Labute approximate surface area is 208 Å². The number of carbonyl (C=O) groups excluding carboxylic acids is 2. The molecule has 0 spiro atoms. The van der Waals surface area contributed by atoms with E-state index in [1.165, 1.54) is 12.8 Å². The second-order valence-electron chi connectivity index (χ2n) is 7.28. The summed E-state index contributed by atoms with van der Waals surface area (Å²) < 4.78 is 30.8. The monoisotopic (exact) mass is 659 g/mol. The molecule has 2 rings (SSSR count). The molecule has 4 N–H and O–H groups in total. The fourth-order valence-electron chi connectivity index (χ4n) is 2.98. The Morgan fingerprint density at radius 1 is 0.576 bits per heavy atom. The molecule has 1 aliphatic carbocycles. The molecule has 0 bridgehead atoms. The zero-order valence-electron chi connectivity index (χ0n) is 18.8. The van der Waals surface area contributed by atoms with Gasteiger partial charge in [0, 0.05) is 12.1 Å². The number of hydrogen-bond donors (Lipinski definition) is 2. The predicted octanol–water partition coefficient (Wildman–Crippen LogP) is -3.45. The number of rotatable bonds is 2. The Hall–Kier alpha value is -0.692. The van der Waals surface area contributed by atoms with Crippen LogP contribution in [0.5, 0.6) is 0 Å². The number of nitrogens with two attached hydrogens (primary N) is 2. The van der Waals surface area contributed by atoms with E-state index < -0.39 is 24.1 Å². The van der Waals surface area contributed by atoms with E-state index in [4.69, 9.17) is 39.9 Å². The molecule has 0 aromatic rings. The van der Waals surface area contributed by atoms with Gasteiger partial charge >= 0.3 is 21.1 Å². The summed E-state index contributed by atoms with van der Waals surface area (Å²) in [6.45, 7) is 1.91. The summed E-state index contributed by atoms with van der Waals surface area (Å²) >= 11 is 0. The Morgan fingerprint density at radius 3 is 1.09 bits per heavy atom. The molecule has 33 heavy (non-hydrogen) atoms. The Balaban J connectivity index is 0.000000956. The summed E-state index contributed by atoms with van der Waals surface area (Å²) in [5, 5.41) is 22.2. The molecule has 2 unspecified atom stereocenters. The van der Waals surface area contributed by atoms with Crippen molar-refractivity contribution < 1.29 is 69.3 Å². The molecule has 13 heteroatoms. The van der Waals surface area contributed by atoms with Crippen molar-refractivity contribution in [3.05, 3.63) is 0 Å². The topological polar surface area (TPSA) is 188 Å². The maximum atomic E-state index is 11.1. The van der Waals surface area contributed by atoms with Crippen LogP contribution < -0.4 is 21.7 Å². The molecule has 1 heterocycles. The van der Waals surface area contributed by atoms with Gasteiger partial charge in [-0.2, -0.15) is 0 Å². The molecule has 0 aromatic carbocycles. The van der Waals surface area contributed by atoms with Gasteiger partial charge in [0.1, 0.15) is 12.2 Å². The summed E-state index contributed by atoms with van der Waals surface area (Å²) in [6, 6.07) is 0.562. The van der Waals surface area contributed by atoms with Crippen molar-refractivity contribution in [3.8, 4) is 0 Å². The standard InChI is InChI=1S/C14H24O10.C6H14N2.Pt/c15-13(16)11-12(14(17)18)24-10-8-22-6-4-20-2-1-19-3-5-21-7-9-23-11;7-5-3-1-2-4-6(5)8;/h11-12H,1-10H2,(H,15,16)(H,17,18);5-6H,1-4,7-8H2;/q;;+2/p-2/t;5-,6+;. The molecule has 0 radical (unpaired) electrons. The van der Waals surface area contributed by atoms with Crippen molar-refractivity contribution in [2.45, 2.75) is 50.0 Å². The first-order valence-electron chi connectivity index (χ1n) is 10.9. The number of aliphatic carboxylic acids is 2. The van der Waals surface area contributed by atoms with Crippen molar-refractivity contribution in [1.82, 2.24) is 0 Å². The van der Waals surface area contributed by atoms with E-state index in [-0.39, 0.29) is 72.8 Å². The van der Waals surface area contributed by atoms with Crippen LogP contribution in [0, 0.1) is 0 Å². The van der Waals surface area contributed by atoms with Gasteiger partial charge in [-0.25, -0.2) is 0 Å². The average Bonchev–Trinajstić information content (AvgIpc) is 2.75. The van der Waals surface area contributed by atoms with Crippen LogP contribution in [0.2, 0.25) is 0 Å². The van der Waals surface area contributed by atoms with Crippen molar-refractivity contribution in [2.24, 2.45) is 11.5 Å². The van der Waals surface area contributed by atoms with Crippen LogP contribution in [-0.4, -0.2) is 102 Å². The molecule has 2 aliphatic rings. The largest absolute Gasteiger partial charge is 2.00 e. The van der Waals surface area contributed by atoms with E-state index in [9.17, 15) is 19.8 Å². The number of carboxylic acids is 2. The van der Waals surface area contributed by atoms with Crippen LogP contribution in [0.25, 0.3) is 0 Å². The molecule has 0 amide bonds. The van der Waals surface area contributed by atoms with Gasteiger partial charge in [-0.1, -0.05) is 12.8 Å². The van der Waals surface area contributed by atoms with Crippen LogP contribution in [0.4, 0.5) is 0 Å². The summed E-state index contributed by atoms with van der Waals surface area (Å²) in [5.74, 6) is -3.42. The third-order valence-electron chi connectivity index (χ3n) is 4.78. The van der Waals surface area contributed by atoms with E-state index in [0.717, 1.165) is 12.8 Å². The first kappa shape index (κ1) is 32.3. The Bertz CT molecular complexity index is 473. The maximum Gasteiger partial charge on any atom is 2.00 e. The molecule has 2 fully saturated rings. The Morgan fingerprint density at radius 2 is 0.848 bits per heavy atom. The van der Waals surface area contributed by atoms with Gasteiger partial charge < -0.3 is 59.7 Å². The molecule has 12 nitrogen and oxygen atoms in total. The quantitative estimate of drug-likeness (QED) is 0.299. The van der Waals surface area contributed by atoms with Crippen molar-refractivity contribution >= 4 is 11.9 Å². The minimum Gasteiger partial charge on any atom is -0.547 e. The van der Waals surface area contributed by atoms with Crippen LogP contribution >= 0.6 is 0 Å². The minimum atomic E-state index is -1.81. The van der Waals surface area contributed by atoms with Gasteiger partial charge in [-0.15, -0.1) is 0 Å². The van der Waals surface area contributed by atoms with Crippen LogP contribution in [0.15, 0.2) is 0 Å². The summed E-state index contributed by atoms with van der Waals surface area (Å²) in [6.07, 6.45) is 1.18. The average molecular weight is 660 g/mol. The number of ether oxygens (including phenoxy) is 6. The second-order valence-corrected chi connectivity index (χ2v) is 7.28. The molecule has 1 aliphatic heterocycles. The molecular weight excluding hydrogens is 623 g/mol. The van der Waals surface area contributed by atoms with Crippen molar-refractivity contribution in [1.29, 1.82) is 0 Å². The second kappa shape index (κ2) is 20.7. The third-order valence-corrected chi connectivity index (χ3v) is 4.78. The fourth-order valence-corrected chi connectivity index (χ4v) is 2.98. The van der Waals surface area contributed by atoms with Crippen LogP contribution in [-0.2, 0) is 59.1 Å². The molecule has 1 saturated carbocycles. The van der Waals surface area contributed by atoms with E-state index in [1.807, 2.05) is 0 Å². The van der Waals surface area contributed by atoms with Crippen LogP contribution in [0.3, 0.4) is 0 Å². The molecule has 0 aromatic heterocycles. The fraction of sp³-hybridized carbons (Fsp3) is 0.900. The first-order valence-corrected chi connectivity index (χ1v) is 10.9. The van der Waals surface area contributed by atoms with Crippen LogP contribution in [0.1, 0.15) is 25.7 Å². The van der Waals surface area contributed by atoms with E-state index in [1.54, 1.807) is 0 Å². The Kier molecular flexibility index (Phi) is 20.2. The first-order chi connectivity index (χ1) is 15.4. The van der Waals surface area contributed by atoms with Gasteiger partial charge in [0.05, 0.1) is 78.0 Å². The number of carboxylic acid groups (broad SMARTS) is 2. The van der Waals surface area contributed by atoms with Crippen molar-refractivity contribution in [3.63, 3.8) is 0 Å². The molecular formula is C20H36N2O10Pt. The summed E-state index contributed by atoms with van der Waals surface area (Å²) in [7, 11) is 0. The van der Waals surface area contributed by atoms with E-state index in [2.05, 4.69) is 0 Å². The SMILES string of the molecule is N[C@@H]1CCCC[C@@H]1N.O=C([O-])C1OCCOCCOCCOCCOCCOC1C(=O)[O-].[Pt+2]. The minimum absolute atomic E-state index is 0. The van der Waals surface area contributed by atoms with Gasteiger partial charge in [0.25, 0.3) is 0 Å².